The van der Waals surface area contributed by atoms with Gasteiger partial charge in [-0.2, -0.15) is 10.2 Å². The lowest BCUT2D eigenvalue weighted by Crippen LogP contribution is -2.47. The van der Waals surface area contributed by atoms with Crippen LogP contribution in [0.1, 0.15) is 11.3 Å². The van der Waals surface area contributed by atoms with Crippen LogP contribution >= 0.6 is 11.6 Å². The number of methoxy groups -OCH3 is 1. The highest BCUT2D eigenvalue weighted by Crippen LogP contribution is 2.29. The van der Waals surface area contributed by atoms with Crippen molar-refractivity contribution in [3.63, 3.8) is 0 Å². The van der Waals surface area contributed by atoms with Crippen LogP contribution in [-0.2, 0) is 0 Å². The summed E-state index contributed by atoms with van der Waals surface area (Å²) in [6.45, 7) is 5.31. The molecule has 0 saturated carbocycles. The first-order chi connectivity index (χ1) is 17.0. The molecule has 1 aliphatic heterocycles. The van der Waals surface area contributed by atoms with Gasteiger partial charge in [-0.1, -0.05) is 11.6 Å². The molecule has 2 aromatic carbocycles. The van der Waals surface area contributed by atoms with Gasteiger partial charge in [0.25, 0.3) is 0 Å². The lowest BCUT2D eigenvalue weighted by Gasteiger charge is -2.37. The molecule has 0 unspecified atom stereocenters. The summed E-state index contributed by atoms with van der Waals surface area (Å²) in [5.74, 6) is 1.95. The number of piperazine rings is 1. The number of hydrogen-bond acceptors (Lipinski definition) is 8. The Bertz CT molecular complexity index is 1430. The van der Waals surface area contributed by atoms with Crippen molar-refractivity contribution in [2.75, 3.05) is 48.4 Å². The number of fused-ring (bicyclic) bond motifs is 1. The van der Waals surface area contributed by atoms with E-state index in [1.807, 2.05) is 43.5 Å². The summed E-state index contributed by atoms with van der Waals surface area (Å²) in [7, 11) is 1.57. The molecule has 176 valence electrons. The smallest absolute Gasteiger partial charge is 0.229 e. The van der Waals surface area contributed by atoms with Crippen LogP contribution < -0.4 is 19.9 Å². The van der Waals surface area contributed by atoms with Crippen molar-refractivity contribution in [2.45, 2.75) is 6.92 Å². The molecule has 5 rings (SSSR count). The topological polar surface area (TPSA) is 90.2 Å². The maximum atomic E-state index is 9.30. The van der Waals surface area contributed by atoms with Crippen LogP contribution in [0.5, 0.6) is 5.75 Å². The molecule has 4 aromatic rings. The third-order valence-electron chi connectivity index (χ3n) is 5.99. The number of benzene rings is 2. The van der Waals surface area contributed by atoms with Gasteiger partial charge in [0.05, 0.1) is 24.3 Å². The van der Waals surface area contributed by atoms with Gasteiger partial charge < -0.3 is 19.9 Å². The number of hydrogen-bond donors (Lipinski definition) is 1. The number of aromatic nitrogens is 3. The van der Waals surface area contributed by atoms with Crippen molar-refractivity contribution in [3.8, 4) is 11.8 Å². The second kappa shape index (κ2) is 9.65. The highest BCUT2D eigenvalue weighted by molar-refractivity contribution is 6.31. The molecule has 0 amide bonds. The Balaban J connectivity index is 1.33. The van der Waals surface area contributed by atoms with Gasteiger partial charge in [-0.25, -0.2) is 4.98 Å². The summed E-state index contributed by atoms with van der Waals surface area (Å²) >= 11 is 6.15. The quantitative estimate of drug-likeness (QED) is 0.425. The molecule has 0 aliphatic carbocycles. The molecule has 3 heterocycles. The summed E-state index contributed by atoms with van der Waals surface area (Å²) in [4.78, 5) is 18.4. The normalized spacial score (nSPS) is 13.5. The number of aryl methyl sites for hydroxylation is 1. The Labute approximate surface area is 208 Å². The molecule has 1 fully saturated rings. The average Bonchev–Trinajstić information content (AvgIpc) is 2.87. The van der Waals surface area contributed by atoms with E-state index in [1.54, 1.807) is 19.2 Å². The molecule has 1 saturated heterocycles. The maximum Gasteiger partial charge on any atom is 0.229 e. The zero-order valence-corrected chi connectivity index (χ0v) is 20.3. The lowest BCUT2D eigenvalue weighted by molar-refractivity contribution is 0.415. The molecule has 8 nitrogen and oxygen atoms in total. The zero-order chi connectivity index (χ0) is 24.4. The van der Waals surface area contributed by atoms with Gasteiger partial charge in [0.2, 0.25) is 5.95 Å². The number of nitrogens with one attached hydrogen (secondary N) is 1. The minimum absolute atomic E-state index is 0.483. The fraction of sp³-hybridized carbons (Fsp3) is 0.231. The van der Waals surface area contributed by atoms with Crippen molar-refractivity contribution in [1.29, 1.82) is 5.26 Å². The minimum Gasteiger partial charge on any atom is -0.497 e. The molecule has 1 aliphatic rings. The Kier molecular flexibility index (Phi) is 6.25. The number of nitrogens with zero attached hydrogens (tertiary/aromatic N) is 6. The van der Waals surface area contributed by atoms with E-state index in [9.17, 15) is 5.26 Å². The average molecular weight is 486 g/mol. The van der Waals surface area contributed by atoms with Crippen molar-refractivity contribution < 1.29 is 4.74 Å². The third kappa shape index (κ3) is 4.91. The van der Waals surface area contributed by atoms with E-state index in [0.717, 1.165) is 48.6 Å². The zero-order valence-electron chi connectivity index (χ0n) is 19.5. The molecule has 9 heteroatoms. The number of anilines is 4. The number of halogens is 1. The van der Waals surface area contributed by atoms with E-state index in [4.69, 9.17) is 21.3 Å². The van der Waals surface area contributed by atoms with Crippen LogP contribution in [0.15, 0.2) is 54.7 Å². The van der Waals surface area contributed by atoms with E-state index in [-0.39, 0.29) is 0 Å². The maximum absolute atomic E-state index is 9.30. The van der Waals surface area contributed by atoms with E-state index < -0.39 is 0 Å². The fourth-order valence-electron chi connectivity index (χ4n) is 4.31. The predicted molar refractivity (Wildman–Crippen MR) is 139 cm³/mol. The van der Waals surface area contributed by atoms with Crippen LogP contribution in [0.4, 0.5) is 23.1 Å². The summed E-state index contributed by atoms with van der Waals surface area (Å²) in [6.07, 6.45) is 1.84. The van der Waals surface area contributed by atoms with Crippen LogP contribution in [0.3, 0.4) is 0 Å². The van der Waals surface area contributed by atoms with Crippen molar-refractivity contribution >= 4 is 45.6 Å². The Morgan fingerprint density at radius 2 is 1.80 bits per heavy atom. The van der Waals surface area contributed by atoms with Gasteiger partial charge in [-0.05, 0) is 43.3 Å². The Hall–Kier alpha value is -4.09. The number of nitriles is 1. The number of pyridine rings is 1. The van der Waals surface area contributed by atoms with Gasteiger partial charge in [-0.15, -0.1) is 0 Å². The standard InChI is InChI=1S/C26H24ClN7O/c1-17-11-25(32-26(30-17)31-20-12-18(16-28)13-21(15-20)35-2)34-9-7-33(8-10-34)24-5-6-29-23-14-19(27)3-4-22(23)24/h3-6,11-15H,7-10H2,1-2H3,(H,30,31,32). The van der Waals surface area contributed by atoms with Gasteiger partial charge >= 0.3 is 0 Å². The van der Waals surface area contributed by atoms with E-state index >= 15 is 0 Å². The van der Waals surface area contributed by atoms with Gasteiger partial charge in [-0.3, -0.25) is 4.98 Å². The summed E-state index contributed by atoms with van der Waals surface area (Å²) in [5, 5.41) is 14.3. The monoisotopic (exact) mass is 485 g/mol. The van der Waals surface area contributed by atoms with E-state index in [1.165, 1.54) is 5.69 Å². The highest BCUT2D eigenvalue weighted by atomic mass is 35.5. The molecule has 0 bridgehead atoms. The second-order valence-corrected chi connectivity index (χ2v) is 8.78. The number of ether oxygens (including phenoxy) is 1. The lowest BCUT2D eigenvalue weighted by atomic mass is 10.1. The van der Waals surface area contributed by atoms with E-state index in [0.29, 0.717) is 28.0 Å². The molecule has 0 spiro atoms. The van der Waals surface area contributed by atoms with Crippen molar-refractivity contribution in [1.82, 2.24) is 15.0 Å². The predicted octanol–water partition coefficient (Wildman–Crippen LogP) is 4.94. The SMILES string of the molecule is COc1cc(C#N)cc(Nc2nc(C)cc(N3CCN(c4ccnc5cc(Cl)ccc45)CC3)n2)c1. The van der Waals surface area contributed by atoms with Crippen LogP contribution in [0.25, 0.3) is 10.9 Å². The van der Waals surface area contributed by atoms with Gasteiger partial charge in [0.15, 0.2) is 0 Å². The molecular formula is C26H24ClN7O. The largest absolute Gasteiger partial charge is 0.497 e. The molecular weight excluding hydrogens is 462 g/mol. The highest BCUT2D eigenvalue weighted by Gasteiger charge is 2.21. The second-order valence-electron chi connectivity index (χ2n) is 8.34. The first-order valence-electron chi connectivity index (χ1n) is 11.3. The summed E-state index contributed by atoms with van der Waals surface area (Å²) in [5.41, 5.74) is 4.13. The molecule has 1 N–H and O–H groups in total. The van der Waals surface area contributed by atoms with E-state index in [2.05, 4.69) is 37.2 Å². The summed E-state index contributed by atoms with van der Waals surface area (Å²) in [6, 6.07) is 17.3. The Morgan fingerprint density at radius 3 is 2.57 bits per heavy atom. The van der Waals surface area contributed by atoms with Crippen molar-refractivity contribution in [2.24, 2.45) is 0 Å². The van der Waals surface area contributed by atoms with Crippen LogP contribution in [-0.4, -0.2) is 48.2 Å². The van der Waals surface area contributed by atoms with Gasteiger partial charge in [0.1, 0.15) is 11.6 Å². The number of rotatable bonds is 5. The fourth-order valence-corrected chi connectivity index (χ4v) is 4.48. The first-order valence-corrected chi connectivity index (χ1v) is 11.7. The van der Waals surface area contributed by atoms with Gasteiger partial charge in [0, 0.05) is 72.0 Å². The van der Waals surface area contributed by atoms with Crippen LogP contribution in [0, 0.1) is 18.3 Å². The Morgan fingerprint density at radius 1 is 1.00 bits per heavy atom. The summed E-state index contributed by atoms with van der Waals surface area (Å²) < 4.78 is 5.30. The third-order valence-corrected chi connectivity index (χ3v) is 6.23. The molecule has 0 atom stereocenters. The molecule has 2 aromatic heterocycles. The molecule has 35 heavy (non-hydrogen) atoms. The molecule has 0 radical (unpaired) electrons. The van der Waals surface area contributed by atoms with Crippen LogP contribution in [0.2, 0.25) is 5.02 Å². The van der Waals surface area contributed by atoms with Crippen molar-refractivity contribution in [3.05, 3.63) is 71.0 Å². The first kappa shape index (κ1) is 22.7. The minimum atomic E-state index is 0.483.